The molecule has 0 fully saturated rings. The molecule has 3 aromatic rings. The largest absolute Gasteiger partial charge is 0.418 e. The molecule has 0 saturated heterocycles. The van der Waals surface area contributed by atoms with Gasteiger partial charge in [-0.1, -0.05) is 91.0 Å². The molecule has 146 valence electrons. The summed E-state index contributed by atoms with van der Waals surface area (Å²) in [6, 6.07) is 32.7. The second-order valence-electron chi connectivity index (χ2n) is 7.94. The van der Waals surface area contributed by atoms with Gasteiger partial charge >= 0.3 is 0 Å². The van der Waals surface area contributed by atoms with E-state index in [9.17, 15) is 0 Å². The maximum absolute atomic E-state index is 6.09. The molecule has 0 saturated carbocycles. The van der Waals surface area contributed by atoms with E-state index in [1.54, 1.807) is 0 Å². The molecule has 3 aromatic carbocycles. The summed E-state index contributed by atoms with van der Waals surface area (Å²) in [7, 11) is -1.45. The zero-order valence-electron chi connectivity index (χ0n) is 17.1. The van der Waals surface area contributed by atoms with Crippen molar-refractivity contribution in [2.75, 3.05) is 12.4 Å². The van der Waals surface area contributed by atoms with Crippen LogP contribution in [0, 0.1) is 0 Å². The van der Waals surface area contributed by atoms with Gasteiger partial charge < -0.3 is 4.43 Å². The molecule has 28 heavy (non-hydrogen) atoms. The van der Waals surface area contributed by atoms with Gasteiger partial charge in [0.2, 0.25) is 0 Å². The number of hydrogen-bond donors (Lipinski definition) is 0. The van der Waals surface area contributed by atoms with Gasteiger partial charge in [-0.05, 0) is 48.5 Å². The normalized spacial score (nSPS) is 12.1. The Labute approximate surface area is 175 Å². The summed E-state index contributed by atoms with van der Waals surface area (Å²) in [5, 5.41) is 0. The highest BCUT2D eigenvalue weighted by Gasteiger charge is 2.36. The fraction of sp³-hybridized carbons (Fsp3) is 0.280. The Kier molecular flexibility index (Phi) is 7.17. The third-order valence-corrected chi connectivity index (χ3v) is 7.39. The van der Waals surface area contributed by atoms with Gasteiger partial charge in [-0.25, -0.2) is 0 Å². The molecular weight excluding hydrogens is 376 g/mol. The monoisotopic (exact) mass is 406 g/mol. The van der Waals surface area contributed by atoms with Crippen LogP contribution in [0.2, 0.25) is 19.6 Å². The van der Waals surface area contributed by atoms with Gasteiger partial charge in [0, 0.05) is 6.61 Å². The van der Waals surface area contributed by atoms with Gasteiger partial charge in [0.05, 0.1) is 4.75 Å². The van der Waals surface area contributed by atoms with Crippen LogP contribution in [-0.4, -0.2) is 20.7 Å². The second kappa shape index (κ2) is 9.60. The van der Waals surface area contributed by atoms with E-state index in [4.69, 9.17) is 4.43 Å². The molecule has 0 spiro atoms. The van der Waals surface area contributed by atoms with Crippen molar-refractivity contribution in [2.24, 2.45) is 0 Å². The lowest BCUT2D eigenvalue weighted by molar-refractivity contribution is 0.312. The average Bonchev–Trinajstić information content (AvgIpc) is 2.72. The quantitative estimate of drug-likeness (QED) is 0.216. The van der Waals surface area contributed by atoms with Crippen molar-refractivity contribution in [2.45, 2.75) is 30.8 Å². The molecule has 0 aliphatic carbocycles. The van der Waals surface area contributed by atoms with Gasteiger partial charge in [0.1, 0.15) is 0 Å². The minimum absolute atomic E-state index is 0.219. The van der Waals surface area contributed by atoms with Crippen molar-refractivity contribution in [1.82, 2.24) is 0 Å². The summed E-state index contributed by atoms with van der Waals surface area (Å²) < 4.78 is 5.87. The third kappa shape index (κ3) is 5.16. The Bertz CT molecular complexity index is 732. The predicted molar refractivity (Wildman–Crippen MR) is 126 cm³/mol. The summed E-state index contributed by atoms with van der Waals surface area (Å²) in [4.78, 5) is 0. The number of hydrogen-bond acceptors (Lipinski definition) is 2. The van der Waals surface area contributed by atoms with Gasteiger partial charge in [0.15, 0.2) is 8.32 Å². The summed E-state index contributed by atoms with van der Waals surface area (Å²) in [5.74, 6) is 1.04. The second-order valence-corrected chi connectivity index (χ2v) is 13.8. The lowest BCUT2D eigenvalue weighted by Crippen LogP contribution is -2.27. The van der Waals surface area contributed by atoms with Crippen molar-refractivity contribution >= 4 is 20.1 Å². The zero-order chi connectivity index (χ0) is 19.9. The first-order chi connectivity index (χ1) is 13.5. The van der Waals surface area contributed by atoms with Crippen molar-refractivity contribution in [3.63, 3.8) is 0 Å². The Hall–Kier alpha value is -1.81. The fourth-order valence-electron chi connectivity index (χ4n) is 3.43. The molecule has 3 heteroatoms. The van der Waals surface area contributed by atoms with Gasteiger partial charge in [-0.2, -0.15) is 0 Å². The highest BCUT2D eigenvalue weighted by molar-refractivity contribution is 8.00. The lowest BCUT2D eigenvalue weighted by Gasteiger charge is -2.35. The molecule has 0 N–H and O–H groups in total. The van der Waals surface area contributed by atoms with Crippen LogP contribution in [0.3, 0.4) is 0 Å². The van der Waals surface area contributed by atoms with Crippen molar-refractivity contribution in [3.8, 4) is 0 Å². The average molecular weight is 407 g/mol. The Morgan fingerprint density at radius 2 is 1.07 bits per heavy atom. The molecule has 1 nitrogen and oxygen atoms in total. The fourth-order valence-corrected chi connectivity index (χ4v) is 5.66. The number of benzene rings is 3. The van der Waals surface area contributed by atoms with E-state index in [0.717, 1.165) is 18.8 Å². The van der Waals surface area contributed by atoms with Crippen molar-refractivity contribution in [3.05, 3.63) is 108 Å². The molecule has 0 atom stereocenters. The van der Waals surface area contributed by atoms with E-state index in [1.807, 2.05) is 11.8 Å². The minimum atomic E-state index is -1.45. The molecule has 0 aliphatic rings. The van der Waals surface area contributed by atoms with Crippen LogP contribution in [0.4, 0.5) is 0 Å². The van der Waals surface area contributed by atoms with Crippen LogP contribution in [0.5, 0.6) is 0 Å². The molecule has 0 heterocycles. The van der Waals surface area contributed by atoms with Crippen LogP contribution in [0.25, 0.3) is 0 Å². The first-order valence-corrected chi connectivity index (χ1v) is 14.4. The van der Waals surface area contributed by atoms with E-state index in [1.165, 1.54) is 16.7 Å². The molecule has 0 radical (unpaired) electrons. The minimum Gasteiger partial charge on any atom is -0.418 e. The lowest BCUT2D eigenvalue weighted by atomic mass is 9.84. The molecule has 0 bridgehead atoms. The Morgan fingerprint density at radius 1 is 0.679 bits per heavy atom. The van der Waals surface area contributed by atoms with E-state index < -0.39 is 8.32 Å². The molecule has 0 aliphatic heterocycles. The van der Waals surface area contributed by atoms with Gasteiger partial charge in [0.25, 0.3) is 0 Å². The number of rotatable bonds is 9. The standard InChI is InChI=1S/C25H30OSSi/c1-28(2,3)26-20-13-21-27-25(22-14-7-4-8-15-22,23-16-9-5-10-17-23)24-18-11-6-12-19-24/h4-12,14-19H,13,20-21H2,1-3H3. The highest BCUT2D eigenvalue weighted by atomic mass is 32.2. The Morgan fingerprint density at radius 3 is 1.43 bits per heavy atom. The van der Waals surface area contributed by atoms with E-state index in [-0.39, 0.29) is 4.75 Å². The first-order valence-electron chi connectivity index (χ1n) is 9.97. The van der Waals surface area contributed by atoms with Crippen molar-refractivity contribution < 1.29 is 4.43 Å². The van der Waals surface area contributed by atoms with Crippen LogP contribution in [0.15, 0.2) is 91.0 Å². The maximum Gasteiger partial charge on any atom is 0.183 e. The number of thioether (sulfide) groups is 1. The first kappa shape index (κ1) is 20.9. The molecular formula is C25H30OSSi. The summed E-state index contributed by atoms with van der Waals surface area (Å²) >= 11 is 2.01. The van der Waals surface area contributed by atoms with Gasteiger partial charge in [-0.15, -0.1) is 11.8 Å². The molecule has 0 amide bonds. The SMILES string of the molecule is C[Si](C)(C)OCCCSC(c1ccccc1)(c1ccccc1)c1ccccc1. The third-order valence-electron chi connectivity index (χ3n) is 4.68. The van der Waals surface area contributed by atoms with Crippen LogP contribution in [-0.2, 0) is 9.17 Å². The Balaban J connectivity index is 1.97. The van der Waals surface area contributed by atoms with E-state index >= 15 is 0 Å². The van der Waals surface area contributed by atoms with Crippen molar-refractivity contribution in [1.29, 1.82) is 0 Å². The molecule has 0 unspecified atom stereocenters. The smallest absolute Gasteiger partial charge is 0.183 e. The van der Waals surface area contributed by atoms with E-state index in [2.05, 4.69) is 111 Å². The highest BCUT2D eigenvalue weighted by Crippen LogP contribution is 2.48. The topological polar surface area (TPSA) is 9.23 Å². The van der Waals surface area contributed by atoms with Gasteiger partial charge in [-0.3, -0.25) is 0 Å². The van der Waals surface area contributed by atoms with Crippen LogP contribution < -0.4 is 0 Å². The maximum atomic E-state index is 6.09. The van der Waals surface area contributed by atoms with Crippen LogP contribution >= 0.6 is 11.8 Å². The van der Waals surface area contributed by atoms with Crippen LogP contribution in [0.1, 0.15) is 23.1 Å². The summed E-state index contributed by atoms with van der Waals surface area (Å²) in [5.41, 5.74) is 3.97. The summed E-state index contributed by atoms with van der Waals surface area (Å²) in [6.45, 7) is 7.60. The summed E-state index contributed by atoms with van der Waals surface area (Å²) in [6.07, 6.45) is 1.06. The molecule has 0 aromatic heterocycles. The molecule has 3 rings (SSSR count). The zero-order valence-corrected chi connectivity index (χ0v) is 18.9. The van der Waals surface area contributed by atoms with E-state index in [0.29, 0.717) is 0 Å². The predicted octanol–water partition coefficient (Wildman–Crippen LogP) is 6.95.